The topological polar surface area (TPSA) is 65.4 Å². The number of nitrogens with zero attached hydrogens (tertiary/aromatic N) is 2. The summed E-state index contributed by atoms with van der Waals surface area (Å²) in [5, 5.41) is 4.04. The number of rotatable bonds is 6. The van der Waals surface area contributed by atoms with Crippen LogP contribution in [0.5, 0.6) is 5.75 Å². The Morgan fingerprint density at radius 3 is 2.69 bits per heavy atom. The number of methoxy groups -OCH3 is 1. The van der Waals surface area contributed by atoms with Gasteiger partial charge in [-0.05, 0) is 36.8 Å². The van der Waals surface area contributed by atoms with Crippen LogP contribution in [0.15, 0.2) is 36.7 Å². The van der Waals surface area contributed by atoms with E-state index in [1.807, 2.05) is 24.7 Å². The lowest BCUT2D eigenvalue weighted by Crippen LogP contribution is -2.13. The van der Waals surface area contributed by atoms with Crippen molar-refractivity contribution in [3.8, 4) is 5.75 Å². The molecular formula is C19H20ClN3O3. The zero-order valence-electron chi connectivity index (χ0n) is 14.9. The SMILES string of the molecule is COCCOc1ccc(NC(=O)c2cnc3c(c(C)cn3C)c2Cl)cc1. The van der Waals surface area contributed by atoms with Gasteiger partial charge < -0.3 is 19.4 Å². The van der Waals surface area contributed by atoms with Crippen molar-refractivity contribution in [1.82, 2.24) is 9.55 Å². The normalized spacial score (nSPS) is 10.9. The first kappa shape index (κ1) is 18.2. The Labute approximate surface area is 156 Å². The number of carbonyl (C=O) groups is 1. The van der Waals surface area contributed by atoms with Gasteiger partial charge in [-0.25, -0.2) is 4.98 Å². The van der Waals surface area contributed by atoms with Crippen LogP contribution in [-0.2, 0) is 11.8 Å². The minimum Gasteiger partial charge on any atom is -0.491 e. The first-order valence-corrected chi connectivity index (χ1v) is 8.52. The molecule has 0 atom stereocenters. The number of pyridine rings is 1. The third-order valence-electron chi connectivity index (χ3n) is 4.02. The van der Waals surface area contributed by atoms with Crippen molar-refractivity contribution in [2.24, 2.45) is 7.05 Å². The fraction of sp³-hybridized carbons (Fsp3) is 0.263. The molecule has 3 aromatic rings. The fourth-order valence-electron chi connectivity index (χ4n) is 2.75. The predicted octanol–water partition coefficient (Wildman–Crippen LogP) is 3.81. The molecule has 0 unspecified atom stereocenters. The van der Waals surface area contributed by atoms with E-state index in [0.29, 0.717) is 35.2 Å². The molecule has 3 rings (SSSR count). The van der Waals surface area contributed by atoms with E-state index in [1.165, 1.54) is 6.20 Å². The Kier molecular flexibility index (Phi) is 5.44. The van der Waals surface area contributed by atoms with Gasteiger partial charge in [0.25, 0.3) is 5.91 Å². The Morgan fingerprint density at radius 1 is 1.27 bits per heavy atom. The van der Waals surface area contributed by atoms with Crippen LogP contribution in [0.25, 0.3) is 11.0 Å². The minimum atomic E-state index is -0.305. The summed E-state index contributed by atoms with van der Waals surface area (Å²) < 4.78 is 12.3. The van der Waals surface area contributed by atoms with E-state index in [4.69, 9.17) is 21.1 Å². The number of hydrogen-bond donors (Lipinski definition) is 1. The molecule has 0 aliphatic heterocycles. The number of benzene rings is 1. The largest absolute Gasteiger partial charge is 0.491 e. The number of ether oxygens (including phenoxy) is 2. The molecular weight excluding hydrogens is 354 g/mol. The lowest BCUT2D eigenvalue weighted by Gasteiger charge is -2.09. The molecule has 0 spiro atoms. The molecule has 6 nitrogen and oxygen atoms in total. The molecule has 0 radical (unpaired) electrons. The van der Waals surface area contributed by atoms with Gasteiger partial charge in [0.1, 0.15) is 18.0 Å². The van der Waals surface area contributed by atoms with Crippen LogP contribution in [0.1, 0.15) is 15.9 Å². The van der Waals surface area contributed by atoms with Crippen molar-refractivity contribution < 1.29 is 14.3 Å². The second-order valence-electron chi connectivity index (χ2n) is 5.93. The van der Waals surface area contributed by atoms with E-state index in [-0.39, 0.29) is 5.91 Å². The molecule has 0 aliphatic carbocycles. The molecule has 2 aromatic heterocycles. The Hall–Kier alpha value is -2.57. The van der Waals surface area contributed by atoms with Gasteiger partial charge in [-0.1, -0.05) is 11.6 Å². The monoisotopic (exact) mass is 373 g/mol. The summed E-state index contributed by atoms with van der Waals surface area (Å²) in [6, 6.07) is 7.12. The number of aryl methyl sites for hydroxylation is 2. The van der Waals surface area contributed by atoms with E-state index >= 15 is 0 Å². The second kappa shape index (κ2) is 7.76. The van der Waals surface area contributed by atoms with Gasteiger partial charge in [0.05, 0.1) is 17.2 Å². The highest BCUT2D eigenvalue weighted by Gasteiger charge is 2.17. The molecule has 0 saturated carbocycles. The second-order valence-corrected chi connectivity index (χ2v) is 6.31. The van der Waals surface area contributed by atoms with Crippen molar-refractivity contribution in [1.29, 1.82) is 0 Å². The van der Waals surface area contributed by atoms with Gasteiger partial charge in [-0.3, -0.25) is 4.79 Å². The number of carbonyl (C=O) groups excluding carboxylic acids is 1. The molecule has 0 saturated heterocycles. The number of halogens is 1. The first-order valence-electron chi connectivity index (χ1n) is 8.14. The third kappa shape index (κ3) is 3.66. The summed E-state index contributed by atoms with van der Waals surface area (Å²) in [6.45, 7) is 2.94. The quantitative estimate of drug-likeness (QED) is 0.667. The number of anilines is 1. The summed E-state index contributed by atoms with van der Waals surface area (Å²) in [5.74, 6) is 0.404. The van der Waals surface area contributed by atoms with Gasteiger partial charge in [-0.15, -0.1) is 0 Å². The summed E-state index contributed by atoms with van der Waals surface area (Å²) in [4.78, 5) is 17.0. The van der Waals surface area contributed by atoms with Crippen LogP contribution in [0.2, 0.25) is 5.02 Å². The van der Waals surface area contributed by atoms with Crippen LogP contribution < -0.4 is 10.1 Å². The maximum absolute atomic E-state index is 12.6. The molecule has 0 fully saturated rings. The van der Waals surface area contributed by atoms with Gasteiger partial charge in [-0.2, -0.15) is 0 Å². The lowest BCUT2D eigenvalue weighted by atomic mass is 10.1. The van der Waals surface area contributed by atoms with Gasteiger partial charge in [0.15, 0.2) is 0 Å². The highest BCUT2D eigenvalue weighted by molar-refractivity contribution is 6.39. The van der Waals surface area contributed by atoms with Crippen LogP contribution in [0.3, 0.4) is 0 Å². The maximum atomic E-state index is 12.6. The van der Waals surface area contributed by atoms with Crippen LogP contribution in [0.4, 0.5) is 5.69 Å². The maximum Gasteiger partial charge on any atom is 0.258 e. The number of hydrogen-bond acceptors (Lipinski definition) is 4. The number of amides is 1. The molecule has 1 amide bonds. The van der Waals surface area contributed by atoms with Crippen LogP contribution in [-0.4, -0.2) is 35.8 Å². The van der Waals surface area contributed by atoms with Gasteiger partial charge in [0.2, 0.25) is 0 Å². The zero-order chi connectivity index (χ0) is 18.7. The summed E-state index contributed by atoms with van der Waals surface area (Å²) in [5.41, 5.74) is 2.72. The average molecular weight is 374 g/mol. The van der Waals surface area contributed by atoms with Crippen molar-refractivity contribution in [2.45, 2.75) is 6.92 Å². The van der Waals surface area contributed by atoms with Gasteiger partial charge in [0, 0.05) is 37.6 Å². The minimum absolute atomic E-state index is 0.305. The zero-order valence-corrected chi connectivity index (χ0v) is 15.6. The fourth-order valence-corrected chi connectivity index (χ4v) is 3.12. The van der Waals surface area contributed by atoms with Crippen LogP contribution >= 0.6 is 11.6 Å². The lowest BCUT2D eigenvalue weighted by molar-refractivity contribution is 0.102. The molecule has 0 bridgehead atoms. The van der Waals surface area contributed by atoms with Crippen molar-refractivity contribution in [3.05, 3.63) is 52.8 Å². The van der Waals surface area contributed by atoms with Gasteiger partial charge >= 0.3 is 0 Å². The molecule has 0 aliphatic rings. The van der Waals surface area contributed by atoms with E-state index in [1.54, 1.807) is 31.4 Å². The average Bonchev–Trinajstić information content (AvgIpc) is 2.91. The van der Waals surface area contributed by atoms with Crippen molar-refractivity contribution >= 4 is 34.2 Å². The summed E-state index contributed by atoms with van der Waals surface area (Å²) >= 11 is 6.47. The van der Waals surface area contributed by atoms with Crippen LogP contribution in [0, 0.1) is 6.92 Å². The highest BCUT2D eigenvalue weighted by Crippen LogP contribution is 2.30. The number of nitrogens with one attached hydrogen (secondary N) is 1. The molecule has 136 valence electrons. The Balaban J connectivity index is 1.77. The highest BCUT2D eigenvalue weighted by atomic mass is 35.5. The van der Waals surface area contributed by atoms with Crippen molar-refractivity contribution in [3.63, 3.8) is 0 Å². The number of fused-ring (bicyclic) bond motifs is 1. The number of aromatic nitrogens is 2. The van der Waals surface area contributed by atoms with E-state index in [9.17, 15) is 4.79 Å². The summed E-state index contributed by atoms with van der Waals surface area (Å²) in [7, 11) is 3.52. The standard InChI is InChI=1S/C19H20ClN3O3/c1-12-11-23(2)18-16(12)17(20)15(10-21-18)19(24)22-13-4-6-14(7-5-13)26-9-8-25-3/h4-7,10-11H,8-9H2,1-3H3,(H,22,24). The molecule has 7 heteroatoms. The van der Waals surface area contributed by atoms with E-state index in [0.717, 1.165) is 16.6 Å². The molecule has 26 heavy (non-hydrogen) atoms. The molecule has 1 aromatic carbocycles. The Bertz CT molecular complexity index is 935. The smallest absolute Gasteiger partial charge is 0.258 e. The third-order valence-corrected chi connectivity index (χ3v) is 4.42. The van der Waals surface area contributed by atoms with E-state index in [2.05, 4.69) is 10.3 Å². The summed E-state index contributed by atoms with van der Waals surface area (Å²) in [6.07, 6.45) is 3.44. The Morgan fingerprint density at radius 2 is 2.00 bits per heavy atom. The predicted molar refractivity (Wildman–Crippen MR) is 102 cm³/mol. The molecule has 1 N–H and O–H groups in total. The van der Waals surface area contributed by atoms with E-state index < -0.39 is 0 Å². The first-order chi connectivity index (χ1) is 12.5. The van der Waals surface area contributed by atoms with Crippen molar-refractivity contribution in [2.75, 3.05) is 25.6 Å². The molecule has 2 heterocycles.